The van der Waals surface area contributed by atoms with Crippen LogP contribution in [0, 0.1) is 0 Å². The van der Waals surface area contributed by atoms with Crippen LogP contribution in [0.2, 0.25) is 0 Å². The van der Waals surface area contributed by atoms with Crippen LogP contribution in [0.15, 0.2) is 42.7 Å². The Labute approximate surface area is 130 Å². The summed E-state index contributed by atoms with van der Waals surface area (Å²) >= 11 is 0. The smallest absolute Gasteiger partial charge is 0.255 e. The Bertz CT molecular complexity index is 707. The predicted octanol–water partition coefficient (Wildman–Crippen LogP) is 3.01. The van der Waals surface area contributed by atoms with E-state index >= 15 is 0 Å². The van der Waals surface area contributed by atoms with Gasteiger partial charge < -0.3 is 9.80 Å². The van der Waals surface area contributed by atoms with Gasteiger partial charge in [-0.1, -0.05) is 18.2 Å². The number of pyridine rings is 1. The van der Waals surface area contributed by atoms with E-state index in [0.29, 0.717) is 5.56 Å². The highest BCUT2D eigenvalue weighted by Crippen LogP contribution is 2.34. The van der Waals surface area contributed by atoms with Gasteiger partial charge in [-0.2, -0.15) is 0 Å². The van der Waals surface area contributed by atoms with E-state index < -0.39 is 0 Å². The van der Waals surface area contributed by atoms with E-state index in [1.165, 1.54) is 11.3 Å². The van der Waals surface area contributed by atoms with Gasteiger partial charge in [-0.3, -0.25) is 9.78 Å². The van der Waals surface area contributed by atoms with Crippen molar-refractivity contribution in [3.63, 3.8) is 0 Å². The number of rotatable bonds is 2. The second kappa shape index (κ2) is 5.44. The largest absolute Gasteiger partial charge is 0.340 e. The molecule has 0 saturated carbocycles. The standard InChI is InChI=1S/C18H19N3O/c22-18(20-8-3-4-9-20)15-11-16(13-19-12-15)21-10-7-14-5-1-2-6-17(14)21/h1-2,5-6,11-13H,3-4,7-10H2. The number of likely N-dealkylation sites (tertiary alicyclic amines) is 1. The van der Waals surface area contributed by atoms with E-state index in [4.69, 9.17) is 0 Å². The Morgan fingerprint density at radius 1 is 1.05 bits per heavy atom. The summed E-state index contributed by atoms with van der Waals surface area (Å²) in [5.41, 5.74) is 4.30. The molecule has 4 rings (SSSR count). The molecule has 1 aromatic carbocycles. The number of aromatic nitrogens is 1. The molecule has 1 amide bonds. The van der Waals surface area contributed by atoms with Crippen molar-refractivity contribution in [3.8, 4) is 0 Å². The van der Waals surface area contributed by atoms with Gasteiger partial charge in [-0.15, -0.1) is 0 Å². The molecule has 2 aliphatic rings. The second-order valence-electron chi connectivity index (χ2n) is 5.96. The maximum atomic E-state index is 12.5. The number of carbonyl (C=O) groups is 1. The molecule has 3 heterocycles. The van der Waals surface area contributed by atoms with Crippen molar-refractivity contribution in [3.05, 3.63) is 53.9 Å². The van der Waals surface area contributed by atoms with E-state index in [-0.39, 0.29) is 5.91 Å². The van der Waals surface area contributed by atoms with Crippen LogP contribution < -0.4 is 4.90 Å². The maximum Gasteiger partial charge on any atom is 0.255 e. The zero-order valence-corrected chi connectivity index (χ0v) is 12.5. The van der Waals surface area contributed by atoms with Crippen LogP contribution in [0.1, 0.15) is 28.8 Å². The third-order valence-electron chi connectivity index (χ3n) is 4.56. The van der Waals surface area contributed by atoms with Crippen LogP contribution >= 0.6 is 0 Å². The van der Waals surface area contributed by atoms with Gasteiger partial charge in [0.05, 0.1) is 17.4 Å². The van der Waals surface area contributed by atoms with Crippen LogP contribution in [0.5, 0.6) is 0 Å². The highest BCUT2D eigenvalue weighted by atomic mass is 16.2. The summed E-state index contributed by atoms with van der Waals surface area (Å²) in [7, 11) is 0. The molecule has 2 aliphatic heterocycles. The molecule has 4 heteroatoms. The maximum absolute atomic E-state index is 12.5. The molecule has 0 spiro atoms. The van der Waals surface area contributed by atoms with Crippen LogP contribution in [0.4, 0.5) is 11.4 Å². The number of carbonyl (C=O) groups excluding carboxylic acids is 1. The van der Waals surface area contributed by atoms with E-state index in [9.17, 15) is 4.79 Å². The molecule has 0 aliphatic carbocycles. The Morgan fingerprint density at radius 3 is 2.73 bits per heavy atom. The van der Waals surface area contributed by atoms with E-state index in [2.05, 4.69) is 34.1 Å². The monoisotopic (exact) mass is 293 g/mol. The van der Waals surface area contributed by atoms with Crippen molar-refractivity contribution in [1.82, 2.24) is 9.88 Å². The summed E-state index contributed by atoms with van der Waals surface area (Å²) in [6.45, 7) is 2.69. The number of hydrogen-bond acceptors (Lipinski definition) is 3. The van der Waals surface area contributed by atoms with Gasteiger partial charge in [0.25, 0.3) is 5.91 Å². The first-order chi connectivity index (χ1) is 10.8. The van der Waals surface area contributed by atoms with Gasteiger partial charge in [0.2, 0.25) is 0 Å². The average Bonchev–Trinajstić information content (AvgIpc) is 3.24. The molecule has 0 bridgehead atoms. The number of nitrogens with zero attached hydrogens (tertiary/aromatic N) is 3. The lowest BCUT2D eigenvalue weighted by atomic mass is 10.2. The number of anilines is 2. The number of fused-ring (bicyclic) bond motifs is 1. The average molecular weight is 293 g/mol. The van der Waals surface area contributed by atoms with Gasteiger partial charge >= 0.3 is 0 Å². The van der Waals surface area contributed by atoms with Crippen molar-refractivity contribution < 1.29 is 4.79 Å². The molecule has 4 nitrogen and oxygen atoms in total. The summed E-state index contributed by atoms with van der Waals surface area (Å²) in [5.74, 6) is 0.110. The van der Waals surface area contributed by atoms with Gasteiger partial charge in [0.15, 0.2) is 0 Å². The third-order valence-corrected chi connectivity index (χ3v) is 4.56. The summed E-state index contributed by atoms with van der Waals surface area (Å²) in [6, 6.07) is 10.4. The van der Waals surface area contributed by atoms with Gasteiger partial charge in [0.1, 0.15) is 0 Å². The van der Waals surface area contributed by atoms with E-state index in [1.807, 2.05) is 17.2 Å². The van der Waals surface area contributed by atoms with E-state index in [0.717, 1.165) is 44.6 Å². The summed E-state index contributed by atoms with van der Waals surface area (Å²) in [5, 5.41) is 0. The first-order valence-electron chi connectivity index (χ1n) is 7.93. The van der Waals surface area contributed by atoms with Gasteiger partial charge in [0, 0.05) is 31.5 Å². The second-order valence-corrected chi connectivity index (χ2v) is 5.96. The first kappa shape index (κ1) is 13.3. The molecule has 0 N–H and O–H groups in total. The van der Waals surface area contributed by atoms with Crippen molar-refractivity contribution in [2.45, 2.75) is 19.3 Å². The minimum absolute atomic E-state index is 0.110. The molecule has 0 atom stereocenters. The van der Waals surface area contributed by atoms with E-state index in [1.54, 1.807) is 6.20 Å². The number of hydrogen-bond donors (Lipinski definition) is 0. The molecular weight excluding hydrogens is 274 g/mol. The van der Waals surface area contributed by atoms with Crippen molar-refractivity contribution in [2.75, 3.05) is 24.5 Å². The van der Waals surface area contributed by atoms with Crippen LogP contribution in [-0.2, 0) is 6.42 Å². The number of benzene rings is 1. The first-order valence-corrected chi connectivity index (χ1v) is 7.93. The lowest BCUT2D eigenvalue weighted by molar-refractivity contribution is 0.0792. The molecule has 0 unspecified atom stereocenters. The van der Waals surface area contributed by atoms with Crippen LogP contribution in [0.3, 0.4) is 0 Å². The Balaban J connectivity index is 1.64. The highest BCUT2D eigenvalue weighted by Gasteiger charge is 2.23. The quantitative estimate of drug-likeness (QED) is 0.854. The van der Waals surface area contributed by atoms with Crippen molar-refractivity contribution in [1.29, 1.82) is 0 Å². The minimum atomic E-state index is 0.110. The fourth-order valence-corrected chi connectivity index (χ4v) is 3.40. The SMILES string of the molecule is O=C(c1cncc(N2CCc3ccccc32)c1)N1CCCC1. The summed E-state index contributed by atoms with van der Waals surface area (Å²) < 4.78 is 0. The van der Waals surface area contributed by atoms with Crippen molar-refractivity contribution >= 4 is 17.3 Å². The van der Waals surface area contributed by atoms with Crippen LogP contribution in [0.25, 0.3) is 0 Å². The lowest BCUT2D eigenvalue weighted by Crippen LogP contribution is -2.28. The van der Waals surface area contributed by atoms with Crippen molar-refractivity contribution in [2.24, 2.45) is 0 Å². The molecule has 22 heavy (non-hydrogen) atoms. The molecule has 1 aromatic heterocycles. The zero-order valence-electron chi connectivity index (χ0n) is 12.5. The van der Waals surface area contributed by atoms with Gasteiger partial charge in [-0.25, -0.2) is 0 Å². The molecule has 1 fully saturated rings. The van der Waals surface area contributed by atoms with Crippen LogP contribution in [-0.4, -0.2) is 35.4 Å². The Kier molecular flexibility index (Phi) is 3.29. The fourth-order valence-electron chi connectivity index (χ4n) is 3.40. The molecule has 1 saturated heterocycles. The molecule has 0 radical (unpaired) electrons. The summed E-state index contributed by atoms with van der Waals surface area (Å²) in [6.07, 6.45) is 6.80. The van der Waals surface area contributed by atoms with Gasteiger partial charge in [-0.05, 0) is 37.0 Å². The summed E-state index contributed by atoms with van der Waals surface area (Å²) in [4.78, 5) is 21.0. The molecule has 2 aromatic rings. The normalized spacial score (nSPS) is 16.9. The highest BCUT2D eigenvalue weighted by molar-refractivity contribution is 5.95. The number of para-hydroxylation sites is 1. The Hall–Kier alpha value is -2.36. The lowest BCUT2D eigenvalue weighted by Gasteiger charge is -2.21. The minimum Gasteiger partial charge on any atom is -0.340 e. The third kappa shape index (κ3) is 2.25. The fraction of sp³-hybridized carbons (Fsp3) is 0.333. The number of amides is 1. The zero-order chi connectivity index (χ0) is 14.9. The Morgan fingerprint density at radius 2 is 1.86 bits per heavy atom. The molecular formula is C18H19N3O. The predicted molar refractivity (Wildman–Crippen MR) is 86.5 cm³/mol. The topological polar surface area (TPSA) is 36.4 Å². The molecule has 112 valence electrons.